The Labute approximate surface area is 212 Å². The molecule has 3 atom stereocenters. The molecule has 3 aromatic rings. The number of carbonyl (C=O) groups is 1. The number of piperidine rings is 1. The molecule has 0 spiro atoms. The molecule has 36 heavy (non-hydrogen) atoms. The summed E-state index contributed by atoms with van der Waals surface area (Å²) >= 11 is 0. The van der Waals surface area contributed by atoms with E-state index in [0.717, 1.165) is 63.0 Å². The monoisotopic (exact) mass is 483 g/mol. The highest BCUT2D eigenvalue weighted by atomic mass is 19.1. The van der Waals surface area contributed by atoms with Crippen LogP contribution in [0, 0.1) is 23.1 Å². The van der Waals surface area contributed by atoms with Gasteiger partial charge in [0.15, 0.2) is 0 Å². The van der Waals surface area contributed by atoms with Gasteiger partial charge < -0.3 is 4.90 Å². The molecule has 2 heterocycles. The Hall–Kier alpha value is -3.21. The van der Waals surface area contributed by atoms with E-state index >= 15 is 0 Å². The zero-order valence-electron chi connectivity index (χ0n) is 21.0. The number of aromatic nitrogens is 2. The van der Waals surface area contributed by atoms with E-state index in [0.29, 0.717) is 11.8 Å². The molecule has 3 aliphatic rings. The molecule has 2 fully saturated rings. The van der Waals surface area contributed by atoms with Gasteiger partial charge in [-0.1, -0.05) is 42.8 Å². The minimum absolute atomic E-state index is 0.0268. The van der Waals surface area contributed by atoms with Crippen LogP contribution in [0.4, 0.5) is 4.39 Å². The molecule has 2 aliphatic carbocycles. The fraction of sp³-hybridized carbons (Fsp3) is 0.419. The molecule has 1 aromatic heterocycles. The number of rotatable bonds is 5. The molecule has 4 nitrogen and oxygen atoms in total. The van der Waals surface area contributed by atoms with Gasteiger partial charge in [-0.05, 0) is 92.3 Å². The number of amides is 1. The molecule has 0 radical (unpaired) electrons. The molecule has 1 amide bonds. The summed E-state index contributed by atoms with van der Waals surface area (Å²) in [4.78, 5) is 16.1. The van der Waals surface area contributed by atoms with Crippen LogP contribution in [0.3, 0.4) is 0 Å². The molecule has 186 valence electrons. The van der Waals surface area contributed by atoms with E-state index in [1.807, 2.05) is 10.9 Å². The first-order valence-corrected chi connectivity index (χ1v) is 13.4. The Morgan fingerprint density at radius 2 is 1.92 bits per heavy atom. The lowest BCUT2D eigenvalue weighted by Crippen LogP contribution is -2.46. The minimum atomic E-state index is -0.247. The van der Waals surface area contributed by atoms with Gasteiger partial charge in [-0.2, -0.15) is 5.10 Å². The summed E-state index contributed by atoms with van der Waals surface area (Å²) in [5.74, 6) is 0.709. The van der Waals surface area contributed by atoms with E-state index in [1.165, 1.54) is 35.3 Å². The Balaban J connectivity index is 1.17. The molecule has 0 bridgehead atoms. The van der Waals surface area contributed by atoms with Gasteiger partial charge in [-0.25, -0.2) is 9.07 Å². The molecule has 1 aliphatic heterocycles. The average molecular weight is 484 g/mol. The van der Waals surface area contributed by atoms with Crippen molar-refractivity contribution in [2.45, 2.75) is 51.9 Å². The van der Waals surface area contributed by atoms with Crippen LogP contribution in [0.2, 0.25) is 0 Å². The summed E-state index contributed by atoms with van der Waals surface area (Å²) in [5, 5.41) is 4.63. The van der Waals surface area contributed by atoms with E-state index in [-0.39, 0.29) is 17.2 Å². The normalized spacial score (nSPS) is 25.3. The van der Waals surface area contributed by atoms with Gasteiger partial charge in [-0.3, -0.25) is 4.79 Å². The minimum Gasteiger partial charge on any atom is -0.342 e. The molecule has 1 saturated carbocycles. The Morgan fingerprint density at radius 1 is 1.11 bits per heavy atom. The topological polar surface area (TPSA) is 38.1 Å². The number of halogens is 1. The van der Waals surface area contributed by atoms with Gasteiger partial charge >= 0.3 is 0 Å². The number of carbonyl (C=O) groups excluding carboxylic acids is 1. The van der Waals surface area contributed by atoms with Crippen LogP contribution < -0.4 is 0 Å². The van der Waals surface area contributed by atoms with Crippen molar-refractivity contribution in [2.75, 3.05) is 13.1 Å². The van der Waals surface area contributed by atoms with E-state index in [1.54, 1.807) is 12.1 Å². The second-order valence-electron chi connectivity index (χ2n) is 11.1. The van der Waals surface area contributed by atoms with E-state index in [9.17, 15) is 9.18 Å². The first-order chi connectivity index (χ1) is 17.5. The van der Waals surface area contributed by atoms with Crippen LogP contribution in [0.5, 0.6) is 0 Å². The molecule has 5 heteroatoms. The van der Waals surface area contributed by atoms with Crippen molar-refractivity contribution in [2.24, 2.45) is 17.3 Å². The Bertz CT molecular complexity index is 1280. The van der Waals surface area contributed by atoms with Gasteiger partial charge in [0, 0.05) is 24.4 Å². The van der Waals surface area contributed by atoms with Crippen molar-refractivity contribution in [3.63, 3.8) is 0 Å². The number of hydrogen-bond donors (Lipinski definition) is 0. The van der Waals surface area contributed by atoms with Crippen molar-refractivity contribution >= 4 is 12.0 Å². The SMILES string of the molecule is C[C@]12Cc3cnn(-c4ccc(F)cc4)c3C=C1CC[C@@H]2C(=O)N1CCCC(CCc2ccccc2)C1. The lowest BCUT2D eigenvalue weighted by atomic mass is 9.69. The largest absolute Gasteiger partial charge is 0.342 e. The van der Waals surface area contributed by atoms with Crippen LogP contribution in [0.1, 0.15) is 55.8 Å². The van der Waals surface area contributed by atoms with Gasteiger partial charge in [0.25, 0.3) is 0 Å². The first-order valence-electron chi connectivity index (χ1n) is 13.4. The predicted molar refractivity (Wildman–Crippen MR) is 140 cm³/mol. The molecule has 2 aromatic carbocycles. The quantitative estimate of drug-likeness (QED) is 0.431. The number of allylic oxidation sites excluding steroid dienone is 1. The van der Waals surface area contributed by atoms with Gasteiger partial charge in [-0.15, -0.1) is 0 Å². The van der Waals surface area contributed by atoms with Crippen LogP contribution in [-0.2, 0) is 17.6 Å². The summed E-state index contributed by atoms with van der Waals surface area (Å²) in [7, 11) is 0. The number of nitrogens with zero attached hydrogens (tertiary/aromatic N) is 3. The fourth-order valence-electron chi connectivity index (χ4n) is 6.76. The van der Waals surface area contributed by atoms with Crippen LogP contribution in [0.25, 0.3) is 11.8 Å². The van der Waals surface area contributed by atoms with Crippen molar-refractivity contribution < 1.29 is 9.18 Å². The van der Waals surface area contributed by atoms with Crippen molar-refractivity contribution in [1.82, 2.24) is 14.7 Å². The highest BCUT2D eigenvalue weighted by molar-refractivity contribution is 5.82. The molecular formula is C31H34FN3O. The summed E-state index contributed by atoms with van der Waals surface area (Å²) in [6, 6.07) is 17.2. The highest BCUT2D eigenvalue weighted by Gasteiger charge is 2.50. The number of hydrogen-bond acceptors (Lipinski definition) is 2. The van der Waals surface area contributed by atoms with Crippen molar-refractivity contribution in [3.05, 3.63) is 89.0 Å². The lowest BCUT2D eigenvalue weighted by molar-refractivity contribution is -0.140. The van der Waals surface area contributed by atoms with Crippen molar-refractivity contribution in [3.8, 4) is 5.69 Å². The second-order valence-corrected chi connectivity index (χ2v) is 11.1. The van der Waals surface area contributed by atoms with Crippen LogP contribution in [-0.4, -0.2) is 33.7 Å². The van der Waals surface area contributed by atoms with E-state index in [2.05, 4.69) is 53.3 Å². The summed E-state index contributed by atoms with van der Waals surface area (Å²) < 4.78 is 15.3. The number of fused-ring (bicyclic) bond motifs is 2. The van der Waals surface area contributed by atoms with Crippen LogP contribution in [0.15, 0.2) is 66.4 Å². The number of benzene rings is 2. The molecular weight excluding hydrogens is 449 g/mol. The standard InChI is InChI=1S/C31H34FN3O/c1-31-19-24-20-33-35(27-14-12-26(32)13-15-27)29(24)18-25(31)11-16-28(31)30(36)34-17-5-8-23(21-34)10-9-22-6-3-2-4-7-22/h2-4,6-7,12-15,18,20,23,28H,5,8-11,16-17,19,21H2,1H3/t23?,28-,31+/m1/s1. The van der Waals surface area contributed by atoms with Crippen LogP contribution >= 0.6 is 0 Å². The Morgan fingerprint density at radius 3 is 2.72 bits per heavy atom. The lowest BCUT2D eigenvalue weighted by Gasteiger charge is -2.40. The summed E-state index contributed by atoms with van der Waals surface area (Å²) in [6.45, 7) is 4.06. The summed E-state index contributed by atoms with van der Waals surface area (Å²) in [5.41, 5.74) is 5.69. The third-order valence-electron chi connectivity index (χ3n) is 8.84. The maximum absolute atomic E-state index is 13.9. The van der Waals surface area contributed by atoms with E-state index < -0.39 is 0 Å². The van der Waals surface area contributed by atoms with E-state index in [4.69, 9.17) is 0 Å². The average Bonchev–Trinajstić information content (AvgIpc) is 3.46. The summed E-state index contributed by atoms with van der Waals surface area (Å²) in [6.07, 6.45) is 11.4. The zero-order valence-corrected chi connectivity index (χ0v) is 21.0. The molecule has 6 rings (SSSR count). The predicted octanol–water partition coefficient (Wildman–Crippen LogP) is 6.24. The smallest absolute Gasteiger partial charge is 0.226 e. The Kier molecular flexibility index (Phi) is 6.02. The maximum atomic E-state index is 13.9. The third-order valence-corrected chi connectivity index (χ3v) is 8.84. The number of likely N-dealkylation sites (tertiary alicyclic amines) is 1. The first kappa shape index (κ1) is 23.2. The maximum Gasteiger partial charge on any atom is 0.226 e. The molecule has 0 N–H and O–H groups in total. The zero-order chi connectivity index (χ0) is 24.7. The molecule has 1 unspecified atom stereocenters. The van der Waals surface area contributed by atoms with Gasteiger partial charge in [0.2, 0.25) is 5.91 Å². The third kappa shape index (κ3) is 4.19. The molecule has 1 saturated heterocycles. The van der Waals surface area contributed by atoms with Crippen molar-refractivity contribution in [1.29, 1.82) is 0 Å². The van der Waals surface area contributed by atoms with Gasteiger partial charge in [0.05, 0.1) is 17.6 Å². The number of aryl methyl sites for hydroxylation is 1. The van der Waals surface area contributed by atoms with Gasteiger partial charge in [0.1, 0.15) is 5.82 Å². The second kappa shape index (κ2) is 9.34. The fourth-order valence-corrected chi connectivity index (χ4v) is 6.76. The highest BCUT2D eigenvalue weighted by Crippen LogP contribution is 2.53.